The number of carboxylic acids is 1. The summed E-state index contributed by atoms with van der Waals surface area (Å²) in [7, 11) is 0. The van der Waals surface area contributed by atoms with Crippen molar-refractivity contribution in [3.8, 4) is 5.88 Å². The van der Waals surface area contributed by atoms with Gasteiger partial charge in [-0.2, -0.15) is 0 Å². The zero-order chi connectivity index (χ0) is 9.42. The average Bonchev–Trinajstić information content (AvgIpc) is 2.45. The van der Waals surface area contributed by atoms with Crippen molar-refractivity contribution in [2.75, 3.05) is 0 Å². The van der Waals surface area contributed by atoms with Gasteiger partial charge in [0, 0.05) is 6.54 Å². The monoisotopic (exact) mass is 244 g/mol. The summed E-state index contributed by atoms with van der Waals surface area (Å²) in [6, 6.07) is 0. The van der Waals surface area contributed by atoms with E-state index in [0.29, 0.717) is 11.3 Å². The fraction of sp³-hybridized carbons (Fsp3) is 0.143. The van der Waals surface area contributed by atoms with E-state index in [1.165, 1.54) is 6.26 Å². The highest BCUT2D eigenvalue weighted by Crippen LogP contribution is 2.26. The number of aromatic carboxylic acids is 1. The van der Waals surface area contributed by atoms with Crippen LogP contribution in [0.5, 0.6) is 5.88 Å². The first kappa shape index (κ1) is 8.31. The molecule has 0 saturated heterocycles. The molecule has 68 valence electrons. The lowest BCUT2D eigenvalue weighted by Gasteiger charge is -2.10. The van der Waals surface area contributed by atoms with E-state index in [2.05, 4.69) is 20.9 Å². The fourth-order valence-corrected chi connectivity index (χ4v) is 1.57. The normalized spacial score (nSPS) is 13.6. The summed E-state index contributed by atoms with van der Waals surface area (Å²) < 4.78 is 7.14. The maximum atomic E-state index is 10.7. The van der Waals surface area contributed by atoms with Crippen LogP contribution in [0.2, 0.25) is 0 Å². The van der Waals surface area contributed by atoms with Crippen LogP contribution in [0.15, 0.2) is 17.1 Å². The number of fused-ring (bicyclic) bond motifs is 1. The molecule has 2 rings (SSSR count). The van der Waals surface area contributed by atoms with Crippen LogP contribution in [-0.2, 0) is 6.54 Å². The molecule has 0 spiro atoms. The number of nitrogens with zero attached hydrogens (tertiary/aromatic N) is 2. The summed E-state index contributed by atoms with van der Waals surface area (Å²) in [5.41, 5.74) is -0.0729. The predicted molar refractivity (Wildman–Crippen MR) is 46.7 cm³/mol. The lowest BCUT2D eigenvalue weighted by molar-refractivity contribution is 0.0687. The maximum Gasteiger partial charge on any atom is 0.360 e. The molecular weight excluding hydrogens is 240 g/mol. The quantitative estimate of drug-likeness (QED) is 0.808. The summed E-state index contributed by atoms with van der Waals surface area (Å²) >= 11 is 3.15. The Morgan fingerprint density at radius 2 is 2.54 bits per heavy atom. The molecule has 0 bridgehead atoms. The summed E-state index contributed by atoms with van der Waals surface area (Å²) in [4.78, 5) is 14.5. The Morgan fingerprint density at radius 3 is 3.23 bits per heavy atom. The SMILES string of the molecule is O=C(O)c1nc(Br)n2c1OC=CC2. The van der Waals surface area contributed by atoms with Gasteiger partial charge in [-0.15, -0.1) is 0 Å². The van der Waals surface area contributed by atoms with Crippen molar-refractivity contribution >= 4 is 21.9 Å². The van der Waals surface area contributed by atoms with Crippen LogP contribution < -0.4 is 4.74 Å². The van der Waals surface area contributed by atoms with Crippen LogP contribution in [-0.4, -0.2) is 20.6 Å². The standard InChI is InChI=1S/C7H5BrN2O3/c8-7-9-4(6(11)12)5-10(7)2-1-3-13-5/h1,3H,2H2,(H,11,12). The summed E-state index contributed by atoms with van der Waals surface area (Å²) in [5, 5.41) is 8.75. The second kappa shape index (κ2) is 2.88. The minimum absolute atomic E-state index is 0.0729. The van der Waals surface area contributed by atoms with Crippen molar-refractivity contribution in [2.24, 2.45) is 0 Å². The van der Waals surface area contributed by atoms with Crippen LogP contribution in [0.25, 0.3) is 0 Å². The lowest BCUT2D eigenvalue weighted by atomic mass is 10.4. The van der Waals surface area contributed by atoms with E-state index in [4.69, 9.17) is 9.84 Å². The van der Waals surface area contributed by atoms with Crippen LogP contribution in [0.4, 0.5) is 0 Å². The fourth-order valence-electron chi connectivity index (χ4n) is 1.09. The third-order valence-corrected chi connectivity index (χ3v) is 2.25. The Hall–Kier alpha value is -1.30. The van der Waals surface area contributed by atoms with E-state index in [-0.39, 0.29) is 11.6 Å². The Balaban J connectivity index is 2.57. The molecule has 1 aliphatic rings. The first-order chi connectivity index (χ1) is 6.20. The molecule has 0 aliphatic carbocycles. The van der Waals surface area contributed by atoms with Crippen LogP contribution >= 0.6 is 15.9 Å². The van der Waals surface area contributed by atoms with Gasteiger partial charge in [-0.1, -0.05) is 0 Å². The Bertz CT molecular complexity index is 397. The Kier molecular flexibility index (Phi) is 1.84. The summed E-state index contributed by atoms with van der Waals surface area (Å²) in [6.45, 7) is 0.566. The van der Waals surface area contributed by atoms with Gasteiger partial charge in [-0.3, -0.25) is 4.57 Å². The lowest BCUT2D eigenvalue weighted by Crippen LogP contribution is -2.06. The van der Waals surface area contributed by atoms with E-state index in [1.54, 1.807) is 10.6 Å². The highest BCUT2D eigenvalue weighted by Gasteiger charge is 2.22. The molecule has 0 fully saturated rings. The van der Waals surface area contributed by atoms with Gasteiger partial charge in [0.2, 0.25) is 11.6 Å². The van der Waals surface area contributed by atoms with Crippen molar-refractivity contribution in [2.45, 2.75) is 6.54 Å². The van der Waals surface area contributed by atoms with Gasteiger partial charge >= 0.3 is 5.97 Å². The molecule has 0 unspecified atom stereocenters. The number of carbonyl (C=O) groups is 1. The molecule has 2 heterocycles. The zero-order valence-electron chi connectivity index (χ0n) is 6.40. The second-order valence-corrected chi connectivity index (χ2v) is 3.15. The highest BCUT2D eigenvalue weighted by molar-refractivity contribution is 9.10. The van der Waals surface area contributed by atoms with Crippen molar-refractivity contribution in [1.82, 2.24) is 9.55 Å². The molecule has 1 aromatic heterocycles. The molecule has 0 amide bonds. The van der Waals surface area contributed by atoms with E-state index in [9.17, 15) is 4.79 Å². The predicted octanol–water partition coefficient (Wildman–Crippen LogP) is 1.25. The van der Waals surface area contributed by atoms with Crippen molar-refractivity contribution in [1.29, 1.82) is 0 Å². The molecule has 0 radical (unpaired) electrons. The van der Waals surface area contributed by atoms with Crippen molar-refractivity contribution < 1.29 is 14.6 Å². The van der Waals surface area contributed by atoms with Gasteiger partial charge in [0.15, 0.2) is 4.73 Å². The van der Waals surface area contributed by atoms with Gasteiger partial charge in [-0.25, -0.2) is 9.78 Å². The van der Waals surface area contributed by atoms with E-state index in [0.717, 1.165) is 0 Å². The molecule has 13 heavy (non-hydrogen) atoms. The van der Waals surface area contributed by atoms with Crippen molar-refractivity contribution in [3.63, 3.8) is 0 Å². The molecule has 0 saturated carbocycles. The summed E-state index contributed by atoms with van der Waals surface area (Å²) in [5.74, 6) is -0.827. The van der Waals surface area contributed by atoms with Gasteiger partial charge in [0.05, 0.1) is 6.26 Å². The first-order valence-corrected chi connectivity index (χ1v) is 4.30. The third kappa shape index (κ3) is 1.23. The largest absolute Gasteiger partial charge is 0.476 e. The van der Waals surface area contributed by atoms with Crippen molar-refractivity contribution in [3.05, 3.63) is 22.8 Å². The van der Waals surface area contributed by atoms with Gasteiger partial charge < -0.3 is 9.84 Å². The summed E-state index contributed by atoms with van der Waals surface area (Å²) in [6.07, 6.45) is 3.22. The maximum absolute atomic E-state index is 10.7. The second-order valence-electron chi connectivity index (χ2n) is 2.44. The number of aromatic nitrogens is 2. The minimum Gasteiger partial charge on any atom is -0.476 e. The molecule has 6 heteroatoms. The molecule has 0 atom stereocenters. The molecular formula is C7H5BrN2O3. The van der Waals surface area contributed by atoms with E-state index >= 15 is 0 Å². The Labute approximate surface area is 81.8 Å². The number of imidazole rings is 1. The van der Waals surface area contributed by atoms with Gasteiger partial charge in [0.25, 0.3) is 0 Å². The number of rotatable bonds is 1. The average molecular weight is 245 g/mol. The molecule has 1 N–H and O–H groups in total. The number of carboxylic acid groups (broad SMARTS) is 1. The highest BCUT2D eigenvalue weighted by atomic mass is 79.9. The third-order valence-electron chi connectivity index (χ3n) is 1.64. The number of ether oxygens (including phenoxy) is 1. The van der Waals surface area contributed by atoms with E-state index in [1.807, 2.05) is 0 Å². The Morgan fingerprint density at radius 1 is 1.77 bits per heavy atom. The molecule has 0 aromatic carbocycles. The van der Waals surface area contributed by atoms with Crippen LogP contribution in [0.1, 0.15) is 10.5 Å². The van der Waals surface area contributed by atoms with Crippen LogP contribution in [0, 0.1) is 0 Å². The molecule has 5 nitrogen and oxygen atoms in total. The topological polar surface area (TPSA) is 64.3 Å². The molecule has 1 aliphatic heterocycles. The van der Waals surface area contributed by atoms with Crippen LogP contribution in [0.3, 0.4) is 0 Å². The number of hydrogen-bond acceptors (Lipinski definition) is 3. The first-order valence-electron chi connectivity index (χ1n) is 3.51. The van der Waals surface area contributed by atoms with Gasteiger partial charge in [-0.05, 0) is 22.0 Å². The number of allylic oxidation sites excluding steroid dienone is 1. The number of hydrogen-bond donors (Lipinski definition) is 1. The number of halogens is 1. The smallest absolute Gasteiger partial charge is 0.360 e. The van der Waals surface area contributed by atoms with Gasteiger partial charge in [0.1, 0.15) is 0 Å². The van der Waals surface area contributed by atoms with E-state index < -0.39 is 5.97 Å². The molecule has 1 aromatic rings. The minimum atomic E-state index is -1.09. The zero-order valence-corrected chi connectivity index (χ0v) is 7.98.